The predicted octanol–water partition coefficient (Wildman–Crippen LogP) is 3.68. The van der Waals surface area contributed by atoms with E-state index in [0.29, 0.717) is 12.3 Å². The molecular weight excluding hydrogens is 332 g/mol. The summed E-state index contributed by atoms with van der Waals surface area (Å²) < 4.78 is 3.26. The van der Waals surface area contributed by atoms with Gasteiger partial charge in [-0.3, -0.25) is 4.79 Å². The number of carbonyl (C=O) groups is 1. The van der Waals surface area contributed by atoms with Gasteiger partial charge in [0.25, 0.3) is 0 Å². The second-order valence-corrected chi connectivity index (χ2v) is 7.67. The van der Waals surface area contributed by atoms with Gasteiger partial charge < -0.3 is 9.47 Å². The van der Waals surface area contributed by atoms with Crippen LogP contribution >= 0.6 is 11.3 Å². The molecule has 0 radical (unpaired) electrons. The zero-order chi connectivity index (χ0) is 17.1. The van der Waals surface area contributed by atoms with Crippen LogP contribution in [0.1, 0.15) is 36.6 Å². The Morgan fingerprint density at radius 3 is 3.08 bits per heavy atom. The van der Waals surface area contributed by atoms with E-state index in [-0.39, 0.29) is 5.91 Å². The van der Waals surface area contributed by atoms with Gasteiger partial charge >= 0.3 is 0 Å². The van der Waals surface area contributed by atoms with E-state index < -0.39 is 0 Å². The van der Waals surface area contributed by atoms with Gasteiger partial charge in [-0.25, -0.2) is 9.97 Å². The highest BCUT2D eigenvalue weighted by Crippen LogP contribution is 2.33. The van der Waals surface area contributed by atoms with Crippen molar-refractivity contribution in [3.05, 3.63) is 48.0 Å². The number of aryl methyl sites for hydroxylation is 1. The van der Waals surface area contributed by atoms with Crippen LogP contribution < -0.4 is 0 Å². The first-order valence-corrected chi connectivity index (χ1v) is 9.70. The molecule has 1 aliphatic heterocycles. The minimum atomic E-state index is 0.269. The molecular formula is C19H22N4OS. The van der Waals surface area contributed by atoms with Crippen LogP contribution in [0.3, 0.4) is 0 Å². The number of piperidine rings is 1. The lowest BCUT2D eigenvalue weighted by molar-refractivity contribution is -0.132. The van der Waals surface area contributed by atoms with Crippen molar-refractivity contribution in [3.8, 4) is 0 Å². The lowest BCUT2D eigenvalue weighted by atomic mass is 9.98. The number of thiazole rings is 1. The van der Waals surface area contributed by atoms with Crippen LogP contribution in [0.4, 0.5) is 0 Å². The highest BCUT2D eigenvalue weighted by molar-refractivity contribution is 7.18. The first-order chi connectivity index (χ1) is 12.3. The Labute approximate surface area is 151 Å². The van der Waals surface area contributed by atoms with Crippen molar-refractivity contribution >= 4 is 27.5 Å². The quantitative estimate of drug-likeness (QED) is 0.702. The third kappa shape index (κ3) is 3.74. The predicted molar refractivity (Wildman–Crippen MR) is 99.6 cm³/mol. The SMILES string of the molecule is O=C(CCCn1ccnc1)N1CCCC(c2nc3ccccc3s2)C1. The molecule has 5 nitrogen and oxygen atoms in total. The average Bonchev–Trinajstić information content (AvgIpc) is 3.31. The number of para-hydroxylation sites is 1. The first kappa shape index (κ1) is 16.3. The Balaban J connectivity index is 1.36. The van der Waals surface area contributed by atoms with Gasteiger partial charge in [-0.05, 0) is 31.4 Å². The van der Waals surface area contributed by atoms with E-state index in [2.05, 4.69) is 23.2 Å². The molecule has 1 saturated heterocycles. The molecule has 6 heteroatoms. The maximum absolute atomic E-state index is 12.6. The summed E-state index contributed by atoms with van der Waals surface area (Å²) in [6, 6.07) is 8.28. The summed E-state index contributed by atoms with van der Waals surface area (Å²) in [5.41, 5.74) is 1.08. The molecule has 130 valence electrons. The van der Waals surface area contributed by atoms with Crippen molar-refractivity contribution in [2.24, 2.45) is 0 Å². The van der Waals surface area contributed by atoms with Crippen molar-refractivity contribution in [1.82, 2.24) is 19.4 Å². The summed E-state index contributed by atoms with van der Waals surface area (Å²) in [5.74, 6) is 0.648. The average molecular weight is 354 g/mol. The second-order valence-electron chi connectivity index (χ2n) is 6.60. The molecule has 0 aliphatic carbocycles. The van der Waals surface area contributed by atoms with Crippen LogP contribution in [0, 0.1) is 0 Å². The number of likely N-dealkylation sites (tertiary alicyclic amines) is 1. The molecule has 4 rings (SSSR count). The Kier molecular flexibility index (Phi) is 4.78. The fourth-order valence-electron chi connectivity index (χ4n) is 3.46. The Hall–Kier alpha value is -2.21. The number of hydrogen-bond acceptors (Lipinski definition) is 4. The molecule has 2 aromatic heterocycles. The van der Waals surface area contributed by atoms with Gasteiger partial charge in [-0.1, -0.05) is 12.1 Å². The fourth-order valence-corrected chi connectivity index (χ4v) is 4.55. The Morgan fingerprint density at radius 2 is 2.24 bits per heavy atom. The molecule has 0 N–H and O–H groups in total. The van der Waals surface area contributed by atoms with Gasteiger partial charge in [0.15, 0.2) is 0 Å². The van der Waals surface area contributed by atoms with Gasteiger partial charge in [0.05, 0.1) is 21.6 Å². The lowest BCUT2D eigenvalue weighted by Gasteiger charge is -2.32. The molecule has 1 amide bonds. The number of hydrogen-bond donors (Lipinski definition) is 0. The number of benzene rings is 1. The van der Waals surface area contributed by atoms with E-state index in [1.165, 1.54) is 9.71 Å². The lowest BCUT2D eigenvalue weighted by Crippen LogP contribution is -2.39. The van der Waals surface area contributed by atoms with E-state index in [4.69, 9.17) is 4.98 Å². The molecule has 1 fully saturated rings. The molecule has 3 aromatic rings. The third-order valence-corrected chi connectivity index (χ3v) is 6.00. The van der Waals surface area contributed by atoms with Crippen molar-refractivity contribution in [1.29, 1.82) is 0 Å². The van der Waals surface area contributed by atoms with Gasteiger partial charge in [0, 0.05) is 44.4 Å². The zero-order valence-electron chi connectivity index (χ0n) is 14.2. The molecule has 25 heavy (non-hydrogen) atoms. The molecule has 0 saturated carbocycles. The van der Waals surface area contributed by atoms with Crippen molar-refractivity contribution in [2.75, 3.05) is 13.1 Å². The summed E-state index contributed by atoms with van der Waals surface area (Å²) in [5, 5.41) is 1.18. The van der Waals surface area contributed by atoms with E-state index >= 15 is 0 Å². The van der Waals surface area contributed by atoms with E-state index in [1.54, 1.807) is 23.9 Å². The number of rotatable bonds is 5. The monoisotopic (exact) mass is 354 g/mol. The maximum Gasteiger partial charge on any atom is 0.222 e. The van der Waals surface area contributed by atoms with Gasteiger partial charge in [0.1, 0.15) is 0 Å². The smallest absolute Gasteiger partial charge is 0.222 e. The molecule has 0 bridgehead atoms. The number of carbonyl (C=O) groups excluding carboxylic acids is 1. The van der Waals surface area contributed by atoms with Crippen molar-refractivity contribution < 1.29 is 4.79 Å². The van der Waals surface area contributed by atoms with Crippen LogP contribution in [0.2, 0.25) is 0 Å². The summed E-state index contributed by atoms with van der Waals surface area (Å²) in [6.07, 6.45) is 9.16. The summed E-state index contributed by atoms with van der Waals surface area (Å²) in [4.78, 5) is 23.4. The second kappa shape index (κ2) is 7.35. The number of nitrogens with zero attached hydrogens (tertiary/aromatic N) is 4. The number of amides is 1. The van der Waals surface area contributed by atoms with E-state index in [0.717, 1.165) is 44.4 Å². The summed E-state index contributed by atoms with van der Waals surface area (Å²) in [7, 11) is 0. The fraction of sp³-hybridized carbons (Fsp3) is 0.421. The normalized spacial score (nSPS) is 17.9. The number of imidazole rings is 1. The number of aromatic nitrogens is 3. The standard InChI is InChI=1S/C19H22N4OS/c24-18(8-4-10-22-12-9-20-14-22)23-11-3-5-15(13-23)19-21-16-6-1-2-7-17(16)25-19/h1-2,6-7,9,12,14-15H,3-5,8,10-11,13H2. The van der Waals surface area contributed by atoms with Crippen molar-refractivity contribution in [2.45, 2.75) is 38.1 Å². The van der Waals surface area contributed by atoms with Gasteiger partial charge in [0.2, 0.25) is 5.91 Å². The molecule has 1 aliphatic rings. The highest BCUT2D eigenvalue weighted by atomic mass is 32.1. The van der Waals surface area contributed by atoms with Crippen molar-refractivity contribution in [3.63, 3.8) is 0 Å². The van der Waals surface area contributed by atoms with E-state index in [1.807, 2.05) is 21.7 Å². The zero-order valence-corrected chi connectivity index (χ0v) is 15.0. The maximum atomic E-state index is 12.6. The first-order valence-electron chi connectivity index (χ1n) is 8.88. The molecule has 1 atom stereocenters. The molecule has 1 unspecified atom stereocenters. The third-order valence-electron chi connectivity index (χ3n) is 4.80. The molecule has 0 spiro atoms. The van der Waals surface area contributed by atoms with Crippen LogP contribution in [-0.2, 0) is 11.3 Å². The van der Waals surface area contributed by atoms with Crippen LogP contribution in [0.5, 0.6) is 0 Å². The largest absolute Gasteiger partial charge is 0.342 e. The minimum absolute atomic E-state index is 0.269. The summed E-state index contributed by atoms with van der Waals surface area (Å²) in [6.45, 7) is 2.54. The van der Waals surface area contributed by atoms with Gasteiger partial charge in [-0.2, -0.15) is 0 Å². The number of fused-ring (bicyclic) bond motifs is 1. The topological polar surface area (TPSA) is 51.0 Å². The molecule has 3 heterocycles. The molecule has 1 aromatic carbocycles. The minimum Gasteiger partial charge on any atom is -0.342 e. The van der Waals surface area contributed by atoms with Crippen LogP contribution in [-0.4, -0.2) is 38.4 Å². The van der Waals surface area contributed by atoms with E-state index in [9.17, 15) is 4.79 Å². The van der Waals surface area contributed by atoms with Crippen LogP contribution in [0.25, 0.3) is 10.2 Å². The Morgan fingerprint density at radius 1 is 1.32 bits per heavy atom. The Bertz CT molecular complexity index is 809. The highest BCUT2D eigenvalue weighted by Gasteiger charge is 2.26. The van der Waals surface area contributed by atoms with Gasteiger partial charge in [-0.15, -0.1) is 11.3 Å². The van der Waals surface area contributed by atoms with Crippen LogP contribution in [0.15, 0.2) is 43.0 Å². The summed E-state index contributed by atoms with van der Waals surface area (Å²) >= 11 is 1.77.